The number of hydrogen-bond acceptors (Lipinski definition) is 7. The monoisotopic (exact) mass is 495 g/mol. The number of amides is 1. The molecule has 1 aromatic carbocycles. The Morgan fingerprint density at radius 2 is 1.90 bits per heavy atom. The fourth-order valence-corrected chi connectivity index (χ4v) is 3.93. The lowest BCUT2D eigenvalue weighted by molar-refractivity contribution is -0.151. The Bertz CT molecular complexity index is 1050. The normalized spacial score (nSPS) is 13.4. The number of sulfonamides is 1. The molecule has 3 N–H and O–H groups in total. The van der Waals surface area contributed by atoms with Gasteiger partial charge < -0.3 is 15.2 Å². The lowest BCUT2D eigenvalue weighted by Gasteiger charge is -2.20. The molecule has 1 amide bonds. The predicted molar refractivity (Wildman–Crippen MR) is 111 cm³/mol. The molecular weight excluding hydrogens is 481 g/mol. The molecule has 0 bridgehead atoms. The van der Waals surface area contributed by atoms with E-state index in [-0.39, 0.29) is 25.8 Å². The lowest BCUT2D eigenvalue weighted by atomic mass is 10.2. The van der Waals surface area contributed by atoms with E-state index in [4.69, 9.17) is 39.5 Å². The number of hydrogen-bond donors (Lipinski definition) is 3. The first-order chi connectivity index (χ1) is 14.0. The maximum atomic E-state index is 12.5. The predicted octanol–water partition coefficient (Wildman–Crippen LogP) is 2.25. The van der Waals surface area contributed by atoms with Crippen molar-refractivity contribution in [1.29, 1.82) is 0 Å². The second-order valence-corrected chi connectivity index (χ2v) is 8.80. The van der Waals surface area contributed by atoms with Crippen LogP contribution in [0.15, 0.2) is 41.4 Å². The number of carbonyl (C=O) groups is 2. The molecule has 9 nitrogen and oxygen atoms in total. The number of aliphatic hydroxyl groups is 1. The number of carbonyl (C=O) groups excluding carboxylic acids is 2. The number of esters is 1. The topological polar surface area (TPSA) is 135 Å². The van der Waals surface area contributed by atoms with E-state index in [1.54, 1.807) is 0 Å². The fourth-order valence-electron chi connectivity index (χ4n) is 2.11. The third kappa shape index (κ3) is 6.53. The van der Waals surface area contributed by atoms with Crippen LogP contribution in [0.5, 0.6) is 0 Å². The number of benzene rings is 1. The minimum absolute atomic E-state index is 0.0125. The second-order valence-electron chi connectivity index (χ2n) is 5.91. The van der Waals surface area contributed by atoms with Crippen molar-refractivity contribution in [2.75, 3.05) is 11.9 Å². The summed E-state index contributed by atoms with van der Waals surface area (Å²) in [6.07, 6.45) is -0.0449. The summed E-state index contributed by atoms with van der Waals surface area (Å²) in [5.74, 6) is -1.91. The second kappa shape index (κ2) is 10.4. The highest BCUT2D eigenvalue weighted by atomic mass is 35.5. The highest BCUT2D eigenvalue weighted by Crippen LogP contribution is 2.25. The molecule has 0 aliphatic rings. The van der Waals surface area contributed by atoms with Gasteiger partial charge in [-0.3, -0.25) is 9.59 Å². The van der Waals surface area contributed by atoms with Crippen molar-refractivity contribution in [2.24, 2.45) is 0 Å². The molecular formula is C17H16Cl3N3O6S. The van der Waals surface area contributed by atoms with Crippen LogP contribution in [0.3, 0.4) is 0 Å². The lowest BCUT2D eigenvalue weighted by Crippen LogP contribution is -2.48. The van der Waals surface area contributed by atoms with Crippen molar-refractivity contribution in [1.82, 2.24) is 9.71 Å². The Kier molecular flexibility index (Phi) is 8.42. The number of aromatic nitrogens is 1. The van der Waals surface area contributed by atoms with Gasteiger partial charge in [0, 0.05) is 6.20 Å². The minimum atomic E-state index is -4.26. The smallest absolute Gasteiger partial charge is 0.327 e. The zero-order valence-electron chi connectivity index (χ0n) is 15.3. The number of halogens is 3. The quantitative estimate of drug-likeness (QED) is 0.377. The first kappa shape index (κ1) is 24.3. The molecule has 13 heteroatoms. The maximum Gasteiger partial charge on any atom is 0.327 e. The molecule has 0 spiro atoms. The zero-order chi connectivity index (χ0) is 22.5. The third-order valence-corrected chi connectivity index (χ3v) is 6.08. The molecule has 0 saturated heterocycles. The van der Waals surface area contributed by atoms with E-state index < -0.39 is 40.7 Å². The molecule has 0 aliphatic carbocycles. The molecule has 2 rings (SSSR count). The van der Waals surface area contributed by atoms with E-state index in [2.05, 4.69) is 10.3 Å². The Balaban J connectivity index is 2.04. The number of anilines is 1. The third-order valence-electron chi connectivity index (χ3n) is 3.60. The molecule has 0 radical (unpaired) electrons. The standard InChI is InChI=1S/C17H16Cl3N3O6S/c1-9(24)15(23-30(27,28)10-4-5-11(18)12(19)7-10)17(26)29-8-14(25)22-13-3-2-6-21-16(13)20/h2-7,9,15,23-24H,8H2,1H3,(H,22,25). The van der Waals surface area contributed by atoms with Crippen molar-refractivity contribution in [2.45, 2.75) is 24.0 Å². The summed E-state index contributed by atoms with van der Waals surface area (Å²) in [5, 5.41) is 12.4. The first-order valence-electron chi connectivity index (χ1n) is 8.23. The molecule has 162 valence electrons. The van der Waals surface area contributed by atoms with Crippen molar-refractivity contribution in [3.8, 4) is 0 Å². The zero-order valence-corrected chi connectivity index (χ0v) is 18.4. The maximum absolute atomic E-state index is 12.5. The van der Waals surface area contributed by atoms with Gasteiger partial charge in [0.1, 0.15) is 6.04 Å². The van der Waals surface area contributed by atoms with Crippen LogP contribution in [0.2, 0.25) is 15.2 Å². The van der Waals surface area contributed by atoms with Crippen LogP contribution in [-0.2, 0) is 24.3 Å². The van der Waals surface area contributed by atoms with Gasteiger partial charge >= 0.3 is 5.97 Å². The SMILES string of the molecule is CC(O)C(NS(=O)(=O)c1ccc(Cl)c(Cl)c1)C(=O)OCC(=O)Nc1cccnc1Cl. The Morgan fingerprint density at radius 3 is 2.50 bits per heavy atom. The van der Waals surface area contributed by atoms with E-state index in [0.717, 1.165) is 6.07 Å². The molecule has 30 heavy (non-hydrogen) atoms. The van der Waals surface area contributed by atoms with Gasteiger partial charge in [0.15, 0.2) is 11.8 Å². The molecule has 0 saturated carbocycles. The summed E-state index contributed by atoms with van der Waals surface area (Å²) in [4.78, 5) is 27.7. The number of nitrogens with zero attached hydrogens (tertiary/aromatic N) is 1. The van der Waals surface area contributed by atoms with Gasteiger partial charge in [-0.1, -0.05) is 34.8 Å². The van der Waals surface area contributed by atoms with Gasteiger partial charge in [-0.05, 0) is 37.3 Å². The van der Waals surface area contributed by atoms with Crippen LogP contribution in [0.4, 0.5) is 5.69 Å². The van der Waals surface area contributed by atoms with Crippen molar-refractivity contribution >= 4 is 62.4 Å². The van der Waals surface area contributed by atoms with Gasteiger partial charge in [-0.25, -0.2) is 13.4 Å². The van der Waals surface area contributed by atoms with Gasteiger partial charge in [0.05, 0.1) is 26.7 Å². The molecule has 0 fully saturated rings. The minimum Gasteiger partial charge on any atom is -0.454 e. The molecule has 2 atom stereocenters. The number of nitrogens with one attached hydrogen (secondary N) is 2. The van der Waals surface area contributed by atoms with E-state index >= 15 is 0 Å². The summed E-state index contributed by atoms with van der Waals surface area (Å²) in [6.45, 7) is 0.431. The average Bonchev–Trinajstić information content (AvgIpc) is 2.68. The van der Waals surface area contributed by atoms with Crippen molar-refractivity contribution < 1.29 is 27.9 Å². The Labute approximate surface area is 187 Å². The summed E-state index contributed by atoms with van der Waals surface area (Å²) < 4.78 is 31.8. The largest absolute Gasteiger partial charge is 0.454 e. The average molecular weight is 497 g/mol. The van der Waals surface area contributed by atoms with E-state index in [0.29, 0.717) is 0 Å². The van der Waals surface area contributed by atoms with Crippen LogP contribution in [0.25, 0.3) is 0 Å². The molecule has 2 aromatic rings. The van der Waals surface area contributed by atoms with E-state index in [1.807, 2.05) is 4.72 Å². The Morgan fingerprint density at radius 1 is 1.20 bits per heavy atom. The van der Waals surface area contributed by atoms with Crippen LogP contribution in [-0.4, -0.2) is 49.1 Å². The highest BCUT2D eigenvalue weighted by molar-refractivity contribution is 7.89. The summed E-state index contributed by atoms with van der Waals surface area (Å²) in [7, 11) is -4.26. The first-order valence-corrected chi connectivity index (χ1v) is 10.9. The fraction of sp³-hybridized carbons (Fsp3) is 0.235. The summed E-state index contributed by atoms with van der Waals surface area (Å²) in [6, 6.07) is 4.86. The number of pyridine rings is 1. The van der Waals surface area contributed by atoms with E-state index in [1.165, 1.54) is 37.4 Å². The van der Waals surface area contributed by atoms with E-state index in [9.17, 15) is 23.1 Å². The molecule has 0 aliphatic heterocycles. The number of rotatable bonds is 8. The van der Waals surface area contributed by atoms with Crippen molar-refractivity contribution in [3.05, 3.63) is 51.7 Å². The van der Waals surface area contributed by atoms with Gasteiger partial charge in [-0.15, -0.1) is 0 Å². The van der Waals surface area contributed by atoms with Crippen LogP contribution in [0, 0.1) is 0 Å². The van der Waals surface area contributed by atoms with Gasteiger partial charge in [-0.2, -0.15) is 4.72 Å². The van der Waals surface area contributed by atoms with Crippen molar-refractivity contribution in [3.63, 3.8) is 0 Å². The summed E-state index contributed by atoms with van der Waals surface area (Å²) in [5.41, 5.74) is 0.201. The van der Waals surface area contributed by atoms with Crippen LogP contribution < -0.4 is 10.0 Å². The molecule has 1 aromatic heterocycles. The van der Waals surface area contributed by atoms with Crippen LogP contribution in [0.1, 0.15) is 6.92 Å². The highest BCUT2D eigenvalue weighted by Gasteiger charge is 2.31. The molecule has 2 unspecified atom stereocenters. The van der Waals surface area contributed by atoms with Gasteiger partial charge in [0.2, 0.25) is 10.0 Å². The summed E-state index contributed by atoms with van der Waals surface area (Å²) >= 11 is 17.4. The number of ether oxygens (including phenoxy) is 1. The Hall–Kier alpha value is -1.95. The van der Waals surface area contributed by atoms with Gasteiger partial charge in [0.25, 0.3) is 5.91 Å². The number of aliphatic hydroxyl groups excluding tert-OH is 1. The molecule has 1 heterocycles. The van der Waals surface area contributed by atoms with Crippen LogP contribution >= 0.6 is 34.8 Å².